The molecule has 1 aliphatic rings. The van der Waals surface area contributed by atoms with Crippen molar-refractivity contribution in [3.8, 4) is 0 Å². The number of likely N-dealkylation sites (tertiary alicyclic amines) is 1. The molecule has 0 aromatic heterocycles. The molecule has 2 atom stereocenters. The van der Waals surface area contributed by atoms with Gasteiger partial charge in [-0.2, -0.15) is 0 Å². The van der Waals surface area contributed by atoms with Gasteiger partial charge < -0.3 is 25.5 Å². The lowest BCUT2D eigenvalue weighted by molar-refractivity contribution is -0.146. The van der Waals surface area contributed by atoms with Gasteiger partial charge in [-0.1, -0.05) is 0 Å². The molecule has 0 aliphatic carbocycles. The van der Waals surface area contributed by atoms with Gasteiger partial charge in [0.15, 0.2) is 6.10 Å². The third-order valence-corrected chi connectivity index (χ3v) is 2.58. The van der Waals surface area contributed by atoms with Crippen LogP contribution < -0.4 is 5.32 Å². The Hall–Kier alpha value is -1.34. The number of nitrogens with zero attached hydrogens (tertiary/aromatic N) is 1. The summed E-state index contributed by atoms with van der Waals surface area (Å²) in [4.78, 5) is 23.3. The third-order valence-electron chi connectivity index (χ3n) is 2.58. The van der Waals surface area contributed by atoms with Gasteiger partial charge in [0.2, 0.25) is 0 Å². The molecule has 0 spiro atoms. The van der Waals surface area contributed by atoms with Crippen LogP contribution in [0.5, 0.6) is 0 Å². The summed E-state index contributed by atoms with van der Waals surface area (Å²) in [6, 6.07) is -0.654. The highest BCUT2D eigenvalue weighted by Gasteiger charge is 2.28. The summed E-state index contributed by atoms with van der Waals surface area (Å²) in [6.45, 7) is 0.109. The number of carboxylic acids is 1. The fourth-order valence-electron chi connectivity index (χ4n) is 1.67. The Morgan fingerprint density at radius 2 is 2.19 bits per heavy atom. The van der Waals surface area contributed by atoms with Crippen molar-refractivity contribution in [1.29, 1.82) is 0 Å². The maximum atomic E-state index is 11.5. The molecule has 0 aromatic carbocycles. The molecule has 1 heterocycles. The quantitative estimate of drug-likeness (QED) is 0.476. The molecule has 0 bridgehead atoms. The molecule has 92 valence electrons. The number of carbonyl (C=O) groups is 2. The van der Waals surface area contributed by atoms with E-state index in [2.05, 4.69) is 5.32 Å². The van der Waals surface area contributed by atoms with Crippen molar-refractivity contribution in [3.63, 3.8) is 0 Å². The first-order chi connectivity index (χ1) is 7.56. The first-order valence-corrected chi connectivity index (χ1v) is 5.12. The highest BCUT2D eigenvalue weighted by atomic mass is 16.4. The number of hydrogen-bond donors (Lipinski definition) is 4. The van der Waals surface area contributed by atoms with Gasteiger partial charge >= 0.3 is 12.0 Å². The molecule has 1 fully saturated rings. The van der Waals surface area contributed by atoms with Crippen LogP contribution in [0.25, 0.3) is 0 Å². The molecule has 2 amide bonds. The first kappa shape index (κ1) is 12.7. The standard InChI is InChI=1S/C9H16N2O5/c12-5-6-2-1-3-11(6)9(16)10-4-7(13)8(14)15/h6-7,12-13H,1-5H2,(H,10,16)(H,14,15)/t6?,7-/m0/s1. The summed E-state index contributed by atoms with van der Waals surface area (Å²) in [7, 11) is 0. The molecule has 1 aliphatic heterocycles. The van der Waals surface area contributed by atoms with E-state index in [1.165, 1.54) is 4.90 Å². The second-order valence-electron chi connectivity index (χ2n) is 3.71. The van der Waals surface area contributed by atoms with Gasteiger partial charge in [0.1, 0.15) is 0 Å². The Morgan fingerprint density at radius 3 is 2.75 bits per heavy atom. The molecule has 0 saturated carbocycles. The van der Waals surface area contributed by atoms with Crippen LogP contribution in [0.1, 0.15) is 12.8 Å². The van der Waals surface area contributed by atoms with E-state index in [1.54, 1.807) is 0 Å². The van der Waals surface area contributed by atoms with Gasteiger partial charge in [-0.25, -0.2) is 9.59 Å². The minimum atomic E-state index is -1.60. The van der Waals surface area contributed by atoms with Gasteiger partial charge in [-0.05, 0) is 12.8 Å². The Morgan fingerprint density at radius 1 is 1.50 bits per heavy atom. The van der Waals surface area contributed by atoms with Crippen LogP contribution in [0, 0.1) is 0 Å². The Bertz CT molecular complexity index is 271. The molecule has 1 rings (SSSR count). The number of amides is 2. The smallest absolute Gasteiger partial charge is 0.334 e. The van der Waals surface area contributed by atoms with E-state index in [0.29, 0.717) is 6.54 Å². The largest absolute Gasteiger partial charge is 0.479 e. The SMILES string of the molecule is O=C(O)[C@@H](O)CNC(=O)N1CCCC1CO. The molecule has 1 unspecified atom stereocenters. The second kappa shape index (κ2) is 5.66. The first-order valence-electron chi connectivity index (χ1n) is 5.12. The van der Waals surface area contributed by atoms with Crippen molar-refractivity contribution in [2.45, 2.75) is 25.0 Å². The molecule has 7 nitrogen and oxygen atoms in total. The molecule has 0 radical (unpaired) electrons. The van der Waals surface area contributed by atoms with E-state index in [1.807, 2.05) is 0 Å². The second-order valence-corrected chi connectivity index (χ2v) is 3.71. The van der Waals surface area contributed by atoms with E-state index in [0.717, 1.165) is 12.8 Å². The average Bonchev–Trinajstić information content (AvgIpc) is 2.73. The van der Waals surface area contributed by atoms with E-state index >= 15 is 0 Å². The monoisotopic (exact) mass is 232 g/mol. The van der Waals surface area contributed by atoms with Crippen LogP contribution in [0.2, 0.25) is 0 Å². The highest BCUT2D eigenvalue weighted by Crippen LogP contribution is 2.16. The lowest BCUT2D eigenvalue weighted by Gasteiger charge is -2.23. The lowest BCUT2D eigenvalue weighted by atomic mass is 10.2. The maximum absolute atomic E-state index is 11.5. The van der Waals surface area contributed by atoms with Gasteiger partial charge in [0, 0.05) is 6.54 Å². The van der Waals surface area contributed by atoms with Gasteiger partial charge in [-0.15, -0.1) is 0 Å². The van der Waals surface area contributed by atoms with Crippen molar-refractivity contribution in [2.24, 2.45) is 0 Å². The van der Waals surface area contributed by atoms with Crippen molar-refractivity contribution in [2.75, 3.05) is 19.7 Å². The van der Waals surface area contributed by atoms with Gasteiger partial charge in [-0.3, -0.25) is 0 Å². The third kappa shape index (κ3) is 3.07. The van der Waals surface area contributed by atoms with Crippen LogP contribution in [-0.2, 0) is 4.79 Å². The lowest BCUT2D eigenvalue weighted by Crippen LogP contribution is -2.47. The van der Waals surface area contributed by atoms with Gasteiger partial charge in [0.25, 0.3) is 0 Å². The van der Waals surface area contributed by atoms with Crippen molar-refractivity contribution >= 4 is 12.0 Å². The van der Waals surface area contributed by atoms with E-state index in [-0.39, 0.29) is 19.2 Å². The number of urea groups is 1. The maximum Gasteiger partial charge on any atom is 0.334 e. The minimum Gasteiger partial charge on any atom is -0.479 e. The molecular formula is C9H16N2O5. The summed E-state index contributed by atoms with van der Waals surface area (Å²) < 4.78 is 0. The fourth-order valence-corrected chi connectivity index (χ4v) is 1.67. The van der Waals surface area contributed by atoms with Crippen molar-refractivity contribution in [3.05, 3.63) is 0 Å². The van der Waals surface area contributed by atoms with E-state index < -0.39 is 18.1 Å². The highest BCUT2D eigenvalue weighted by molar-refractivity contribution is 5.77. The number of carbonyl (C=O) groups excluding carboxylic acids is 1. The fraction of sp³-hybridized carbons (Fsp3) is 0.778. The summed E-state index contributed by atoms with van der Waals surface area (Å²) in [6.07, 6.45) is -0.0370. The van der Waals surface area contributed by atoms with E-state index in [9.17, 15) is 9.59 Å². The Labute approximate surface area is 92.7 Å². The normalized spacial score (nSPS) is 21.9. The van der Waals surface area contributed by atoms with Crippen LogP contribution in [0.3, 0.4) is 0 Å². The Balaban J connectivity index is 2.37. The molecule has 7 heteroatoms. The van der Waals surface area contributed by atoms with E-state index in [4.69, 9.17) is 15.3 Å². The van der Waals surface area contributed by atoms with Crippen LogP contribution in [0.15, 0.2) is 0 Å². The van der Waals surface area contributed by atoms with Crippen LogP contribution in [-0.4, -0.2) is 64.1 Å². The zero-order valence-electron chi connectivity index (χ0n) is 8.80. The summed E-state index contributed by atoms with van der Waals surface area (Å²) >= 11 is 0. The average molecular weight is 232 g/mol. The van der Waals surface area contributed by atoms with Crippen LogP contribution in [0.4, 0.5) is 4.79 Å². The van der Waals surface area contributed by atoms with Crippen LogP contribution >= 0.6 is 0 Å². The summed E-state index contributed by atoms with van der Waals surface area (Å²) in [5, 5.41) is 28.7. The zero-order chi connectivity index (χ0) is 12.1. The number of nitrogens with one attached hydrogen (secondary N) is 1. The number of aliphatic hydroxyl groups excluding tert-OH is 2. The predicted molar refractivity (Wildman–Crippen MR) is 53.9 cm³/mol. The molecular weight excluding hydrogens is 216 g/mol. The summed E-state index contributed by atoms with van der Waals surface area (Å²) in [5.41, 5.74) is 0. The number of rotatable bonds is 4. The summed E-state index contributed by atoms with van der Waals surface area (Å²) in [5.74, 6) is -1.37. The van der Waals surface area contributed by atoms with Gasteiger partial charge in [0.05, 0.1) is 19.2 Å². The number of hydrogen-bond acceptors (Lipinski definition) is 4. The predicted octanol–water partition coefficient (Wildman–Crippen LogP) is -1.40. The molecule has 0 aromatic rings. The number of carboxylic acid groups (broad SMARTS) is 1. The Kier molecular flexibility index (Phi) is 4.51. The minimum absolute atomic E-state index is 0.102. The zero-order valence-corrected chi connectivity index (χ0v) is 8.80. The molecule has 4 N–H and O–H groups in total. The molecule has 16 heavy (non-hydrogen) atoms. The topological polar surface area (TPSA) is 110 Å². The van der Waals surface area contributed by atoms with Crippen molar-refractivity contribution < 1.29 is 24.9 Å². The molecule has 1 saturated heterocycles. The number of aliphatic hydroxyl groups is 2. The number of aliphatic carboxylic acids is 1. The van der Waals surface area contributed by atoms with Crippen molar-refractivity contribution in [1.82, 2.24) is 10.2 Å².